The molecule has 5 heteroatoms. The second-order valence-corrected chi connectivity index (χ2v) is 14.3. The van der Waals surface area contributed by atoms with Crippen LogP contribution in [0.25, 0.3) is 0 Å². The fourth-order valence-corrected chi connectivity index (χ4v) is 11.6. The van der Waals surface area contributed by atoms with Crippen molar-refractivity contribution in [1.82, 2.24) is 10.1 Å². The second-order valence-electron chi connectivity index (χ2n) is 8.86. The van der Waals surface area contributed by atoms with Gasteiger partial charge in [0.2, 0.25) is 0 Å². The minimum atomic E-state index is -3.07. The first-order valence-corrected chi connectivity index (χ1v) is 16.2. The summed E-state index contributed by atoms with van der Waals surface area (Å²) in [7, 11) is 2.06. The molecule has 0 spiro atoms. The molecule has 0 aliphatic rings. The van der Waals surface area contributed by atoms with E-state index in [1.807, 2.05) is 0 Å². The molecule has 0 radical (unpaired) electrons. The fourth-order valence-electron chi connectivity index (χ4n) is 4.29. The third-order valence-corrected chi connectivity index (χ3v) is 13.0. The summed E-state index contributed by atoms with van der Waals surface area (Å²) in [4.78, 5) is 0. The molecule has 0 amide bonds. The van der Waals surface area contributed by atoms with Gasteiger partial charge in [-0.25, -0.2) is 0 Å². The molecule has 0 saturated carbocycles. The van der Waals surface area contributed by atoms with Crippen LogP contribution in [0.15, 0.2) is 0 Å². The molecular weight excluding hydrogens is 406 g/mol. The molecule has 182 valence electrons. The van der Waals surface area contributed by atoms with Gasteiger partial charge in [-0.2, -0.15) is 0 Å². The van der Waals surface area contributed by atoms with E-state index in [9.17, 15) is 0 Å². The number of unbranched alkanes of at least 4 members (excludes halogenated alkanes) is 6. The van der Waals surface area contributed by atoms with Gasteiger partial charge in [0.15, 0.2) is 0 Å². The van der Waals surface area contributed by atoms with Crippen molar-refractivity contribution in [2.75, 3.05) is 46.4 Å². The molecule has 0 atom stereocenters. The fraction of sp³-hybridized carbons (Fsp3) is 1.00. The van der Waals surface area contributed by atoms with Crippen molar-refractivity contribution in [3.05, 3.63) is 0 Å². The Labute approximate surface area is 195 Å². The van der Waals surface area contributed by atoms with Crippen molar-refractivity contribution in [3.63, 3.8) is 0 Å². The van der Waals surface area contributed by atoms with Crippen molar-refractivity contribution in [2.45, 2.75) is 119 Å². The van der Waals surface area contributed by atoms with Crippen LogP contribution in [-0.2, 0) is 21.1 Å². The summed E-state index contributed by atoms with van der Waals surface area (Å²) >= 11 is -3.07. The topological polar surface area (TPSA) is 19.0 Å². The van der Waals surface area contributed by atoms with Crippen LogP contribution in [0, 0.1) is 0 Å². The molecule has 4 nitrogen and oxygen atoms in total. The van der Waals surface area contributed by atoms with Crippen LogP contribution in [0.4, 0.5) is 0 Å². The Hall–Kier alpha value is 0.554. The molecule has 0 heterocycles. The predicted octanol–water partition coefficient (Wildman–Crippen LogP) is 7.15. The zero-order chi connectivity index (χ0) is 22.7. The second kappa shape index (κ2) is 20.2. The standard InChI is InChI=1S/3C8H18N.CH3O.Ti/c3*1-3-5-7-9-8-6-4-2;1-2;/h3*3-8H2,1-2H3;1H3;/q4*-1;+4. The van der Waals surface area contributed by atoms with Crippen molar-refractivity contribution in [2.24, 2.45) is 0 Å². The Balaban J connectivity index is 6.26. The van der Waals surface area contributed by atoms with Gasteiger partial charge in [0.25, 0.3) is 0 Å². The summed E-state index contributed by atoms with van der Waals surface area (Å²) in [6.07, 6.45) is 15.3. The molecule has 0 aromatic carbocycles. The SMILES string of the molecule is CCCC[N](CCCC)[Ti]([O]C)([N](CCCC)CCCC)[N](CCCC)CCCC. The van der Waals surface area contributed by atoms with Gasteiger partial charge in [-0.1, -0.05) is 0 Å². The van der Waals surface area contributed by atoms with E-state index in [4.69, 9.17) is 3.32 Å². The third-order valence-electron chi connectivity index (χ3n) is 6.20. The van der Waals surface area contributed by atoms with E-state index in [2.05, 4.69) is 58.8 Å². The molecule has 0 N–H and O–H groups in total. The van der Waals surface area contributed by atoms with Crippen molar-refractivity contribution >= 4 is 0 Å². The van der Waals surface area contributed by atoms with E-state index in [1.165, 1.54) is 116 Å². The molecule has 0 saturated heterocycles. The van der Waals surface area contributed by atoms with Gasteiger partial charge in [0.05, 0.1) is 0 Å². The molecule has 0 fully saturated rings. The zero-order valence-corrected chi connectivity index (χ0v) is 23.5. The molecule has 0 aromatic rings. The first-order chi connectivity index (χ1) is 14.6. The van der Waals surface area contributed by atoms with Crippen molar-refractivity contribution in [1.29, 1.82) is 0 Å². The first kappa shape index (κ1) is 30.6. The molecule has 0 unspecified atom stereocenters. The van der Waals surface area contributed by atoms with E-state index in [1.54, 1.807) is 0 Å². The number of nitrogens with zero attached hydrogens (tertiary/aromatic N) is 3. The normalized spacial score (nSPS) is 12.6. The van der Waals surface area contributed by atoms with Gasteiger partial charge in [0, 0.05) is 0 Å². The number of hydrogen-bond donors (Lipinski definition) is 0. The third kappa shape index (κ3) is 10.4. The Kier molecular flexibility index (Phi) is 20.6. The van der Waals surface area contributed by atoms with E-state index in [0.717, 1.165) is 0 Å². The molecule has 0 aromatic heterocycles. The van der Waals surface area contributed by atoms with Gasteiger partial charge in [-0.15, -0.1) is 0 Å². The molecule has 0 rings (SSSR count). The summed E-state index contributed by atoms with van der Waals surface area (Å²) < 4.78 is 15.5. The number of rotatable bonds is 22. The van der Waals surface area contributed by atoms with Crippen LogP contribution in [-0.4, -0.2) is 56.5 Å². The minimum absolute atomic E-state index is 1.20. The van der Waals surface area contributed by atoms with Gasteiger partial charge >= 0.3 is 196 Å². The average molecular weight is 464 g/mol. The number of hydrogen-bond acceptors (Lipinski definition) is 4. The quantitative estimate of drug-likeness (QED) is 0.159. The van der Waals surface area contributed by atoms with E-state index in [0.29, 0.717) is 0 Å². The summed E-state index contributed by atoms with van der Waals surface area (Å²) in [6.45, 7) is 21.2. The Morgan fingerprint density at radius 2 is 0.633 bits per heavy atom. The predicted molar refractivity (Wildman–Crippen MR) is 131 cm³/mol. The maximum absolute atomic E-state index is 6.87. The summed E-state index contributed by atoms with van der Waals surface area (Å²) in [5.74, 6) is 0. The first-order valence-electron chi connectivity index (χ1n) is 13.4. The van der Waals surface area contributed by atoms with Gasteiger partial charge in [-0.3, -0.25) is 0 Å². The summed E-state index contributed by atoms with van der Waals surface area (Å²) in [5.41, 5.74) is 0. The van der Waals surface area contributed by atoms with Gasteiger partial charge in [0.1, 0.15) is 0 Å². The van der Waals surface area contributed by atoms with Crippen LogP contribution in [0.5, 0.6) is 0 Å². The summed E-state index contributed by atoms with van der Waals surface area (Å²) in [6, 6.07) is 0. The van der Waals surface area contributed by atoms with E-state index in [-0.39, 0.29) is 0 Å². The molecular formula is C25H57N3OTi. The summed E-state index contributed by atoms with van der Waals surface area (Å²) in [5, 5.41) is 0. The van der Waals surface area contributed by atoms with Crippen LogP contribution in [0.1, 0.15) is 119 Å². The van der Waals surface area contributed by atoms with Crippen LogP contribution < -0.4 is 0 Å². The zero-order valence-electron chi connectivity index (χ0n) is 22.0. The van der Waals surface area contributed by atoms with Crippen LogP contribution in [0.2, 0.25) is 0 Å². The molecule has 30 heavy (non-hydrogen) atoms. The van der Waals surface area contributed by atoms with Gasteiger partial charge < -0.3 is 0 Å². The Morgan fingerprint density at radius 1 is 0.433 bits per heavy atom. The van der Waals surface area contributed by atoms with Crippen molar-refractivity contribution in [3.8, 4) is 0 Å². The Bertz CT molecular complexity index is 296. The van der Waals surface area contributed by atoms with Crippen LogP contribution >= 0.6 is 0 Å². The molecule has 0 aliphatic heterocycles. The van der Waals surface area contributed by atoms with E-state index < -0.39 is 17.7 Å². The molecule has 0 aliphatic carbocycles. The van der Waals surface area contributed by atoms with Crippen LogP contribution in [0.3, 0.4) is 0 Å². The Morgan fingerprint density at radius 3 is 0.767 bits per heavy atom. The monoisotopic (exact) mass is 463 g/mol. The van der Waals surface area contributed by atoms with Crippen molar-refractivity contribution < 1.29 is 21.1 Å². The van der Waals surface area contributed by atoms with Gasteiger partial charge in [-0.05, 0) is 0 Å². The average Bonchev–Trinajstić information content (AvgIpc) is 2.77. The maximum atomic E-state index is 6.87. The van der Waals surface area contributed by atoms with E-state index >= 15 is 0 Å². The molecule has 0 bridgehead atoms.